The summed E-state index contributed by atoms with van der Waals surface area (Å²) >= 11 is 0. The van der Waals surface area contributed by atoms with Crippen LogP contribution in [0, 0.1) is 0 Å². The fourth-order valence-electron chi connectivity index (χ4n) is 2.68. The van der Waals surface area contributed by atoms with Crippen LogP contribution in [0.3, 0.4) is 0 Å². The summed E-state index contributed by atoms with van der Waals surface area (Å²) in [5, 5.41) is 0. The van der Waals surface area contributed by atoms with Gasteiger partial charge in [-0.25, -0.2) is 8.42 Å². The van der Waals surface area contributed by atoms with Crippen LogP contribution in [0.25, 0.3) is 0 Å². The van der Waals surface area contributed by atoms with E-state index in [1.54, 1.807) is 11.8 Å². The number of nitrogens with zero attached hydrogens (tertiary/aromatic N) is 2. The number of sulfonamides is 1. The van der Waals surface area contributed by atoms with Crippen molar-refractivity contribution in [3.8, 4) is 5.75 Å². The molecule has 1 amide bonds. The van der Waals surface area contributed by atoms with Crippen molar-refractivity contribution in [1.29, 1.82) is 0 Å². The summed E-state index contributed by atoms with van der Waals surface area (Å²) in [7, 11) is -3.17. The number of rotatable bonds is 7. The molecule has 1 aliphatic rings. The maximum Gasteiger partial charge on any atom is 0.260 e. The zero-order valence-electron chi connectivity index (χ0n) is 14.4. The highest BCUT2D eigenvalue weighted by atomic mass is 32.2. The molecule has 134 valence electrons. The molecular weight excluding hydrogens is 328 g/mol. The topological polar surface area (TPSA) is 66.9 Å². The lowest BCUT2D eigenvalue weighted by Gasteiger charge is -2.33. The summed E-state index contributed by atoms with van der Waals surface area (Å²) in [6, 6.07) is 7.78. The number of aryl methyl sites for hydroxylation is 1. The first kappa shape index (κ1) is 18.7. The number of hydrogen-bond donors (Lipinski definition) is 0. The molecule has 0 spiro atoms. The van der Waals surface area contributed by atoms with E-state index in [2.05, 4.69) is 6.92 Å². The van der Waals surface area contributed by atoms with E-state index in [4.69, 9.17) is 4.74 Å². The van der Waals surface area contributed by atoms with E-state index in [1.165, 1.54) is 9.87 Å². The largest absolute Gasteiger partial charge is 0.484 e. The van der Waals surface area contributed by atoms with Crippen molar-refractivity contribution in [3.63, 3.8) is 0 Å². The van der Waals surface area contributed by atoms with Gasteiger partial charge in [0.05, 0.1) is 5.75 Å². The zero-order valence-corrected chi connectivity index (χ0v) is 15.2. The molecule has 0 aromatic heterocycles. The van der Waals surface area contributed by atoms with Gasteiger partial charge in [0.25, 0.3) is 5.91 Å². The highest BCUT2D eigenvalue weighted by Gasteiger charge is 2.27. The Kier molecular flexibility index (Phi) is 6.62. The maximum atomic E-state index is 12.2. The number of ether oxygens (including phenoxy) is 1. The SMILES string of the molecule is CCCc1ccc(OCC(=O)N2CCN(S(=O)(=O)CC)CC2)cc1. The molecule has 0 radical (unpaired) electrons. The normalized spacial score (nSPS) is 16.2. The van der Waals surface area contributed by atoms with Gasteiger partial charge in [-0.05, 0) is 31.0 Å². The highest BCUT2D eigenvalue weighted by molar-refractivity contribution is 7.89. The van der Waals surface area contributed by atoms with E-state index in [0.29, 0.717) is 31.9 Å². The second kappa shape index (κ2) is 8.48. The van der Waals surface area contributed by atoms with Gasteiger partial charge in [0.15, 0.2) is 6.61 Å². The van der Waals surface area contributed by atoms with Crippen LogP contribution in [0.1, 0.15) is 25.8 Å². The number of hydrogen-bond acceptors (Lipinski definition) is 4. The Morgan fingerprint density at radius 1 is 1.08 bits per heavy atom. The molecule has 1 saturated heterocycles. The van der Waals surface area contributed by atoms with Crippen LogP contribution in [0.4, 0.5) is 0 Å². The molecule has 6 nitrogen and oxygen atoms in total. The van der Waals surface area contributed by atoms with Gasteiger partial charge >= 0.3 is 0 Å². The van der Waals surface area contributed by atoms with Crippen molar-refractivity contribution in [3.05, 3.63) is 29.8 Å². The monoisotopic (exact) mass is 354 g/mol. The third-order valence-electron chi connectivity index (χ3n) is 4.17. The van der Waals surface area contributed by atoms with Crippen LogP contribution in [-0.2, 0) is 21.2 Å². The van der Waals surface area contributed by atoms with Gasteiger partial charge in [-0.15, -0.1) is 0 Å². The summed E-state index contributed by atoms with van der Waals surface area (Å²) in [5.41, 5.74) is 1.25. The van der Waals surface area contributed by atoms with Gasteiger partial charge in [0.2, 0.25) is 10.0 Å². The molecule has 1 fully saturated rings. The Hall–Kier alpha value is -1.60. The van der Waals surface area contributed by atoms with Crippen molar-refractivity contribution < 1.29 is 17.9 Å². The Labute approximate surface area is 144 Å². The molecule has 1 aliphatic heterocycles. The Balaban J connectivity index is 1.79. The minimum atomic E-state index is -3.17. The van der Waals surface area contributed by atoms with E-state index >= 15 is 0 Å². The van der Waals surface area contributed by atoms with Gasteiger partial charge in [0, 0.05) is 26.2 Å². The van der Waals surface area contributed by atoms with Crippen LogP contribution < -0.4 is 4.74 Å². The standard InChI is InChI=1S/C17H26N2O4S/c1-3-5-15-6-8-16(9-7-15)23-14-17(20)18-10-12-19(13-11-18)24(21,22)4-2/h6-9H,3-5,10-14H2,1-2H3. The van der Waals surface area contributed by atoms with Gasteiger partial charge in [-0.3, -0.25) is 4.79 Å². The summed E-state index contributed by atoms with van der Waals surface area (Å²) in [6.07, 6.45) is 2.13. The maximum absolute atomic E-state index is 12.2. The summed E-state index contributed by atoms with van der Waals surface area (Å²) in [4.78, 5) is 13.9. The van der Waals surface area contributed by atoms with Gasteiger partial charge in [-0.2, -0.15) is 4.31 Å². The summed E-state index contributed by atoms with van der Waals surface area (Å²) < 4.78 is 30.6. The fourth-order valence-corrected chi connectivity index (χ4v) is 3.76. The first-order chi connectivity index (χ1) is 11.5. The molecule has 0 atom stereocenters. The lowest BCUT2D eigenvalue weighted by atomic mass is 10.1. The second-order valence-electron chi connectivity index (χ2n) is 5.86. The number of amides is 1. The molecule has 7 heteroatoms. The van der Waals surface area contributed by atoms with Crippen molar-refractivity contribution in [1.82, 2.24) is 9.21 Å². The van der Waals surface area contributed by atoms with E-state index in [0.717, 1.165) is 12.8 Å². The molecule has 0 N–H and O–H groups in total. The highest BCUT2D eigenvalue weighted by Crippen LogP contribution is 2.14. The molecule has 1 aromatic rings. The number of benzene rings is 1. The number of carbonyl (C=O) groups is 1. The predicted octanol–water partition coefficient (Wildman–Crippen LogP) is 1.51. The van der Waals surface area contributed by atoms with Crippen LogP contribution in [-0.4, -0.2) is 62.1 Å². The van der Waals surface area contributed by atoms with Crippen molar-refractivity contribution >= 4 is 15.9 Å². The lowest BCUT2D eigenvalue weighted by molar-refractivity contribution is -0.134. The Morgan fingerprint density at radius 3 is 2.25 bits per heavy atom. The Morgan fingerprint density at radius 2 is 1.71 bits per heavy atom. The molecule has 24 heavy (non-hydrogen) atoms. The predicted molar refractivity (Wildman–Crippen MR) is 93.5 cm³/mol. The van der Waals surface area contributed by atoms with E-state index in [9.17, 15) is 13.2 Å². The first-order valence-electron chi connectivity index (χ1n) is 8.43. The molecule has 0 saturated carbocycles. The molecule has 0 aliphatic carbocycles. The van der Waals surface area contributed by atoms with E-state index < -0.39 is 10.0 Å². The van der Waals surface area contributed by atoms with Gasteiger partial charge in [0.1, 0.15) is 5.75 Å². The van der Waals surface area contributed by atoms with Gasteiger partial charge in [-0.1, -0.05) is 25.5 Å². The number of carbonyl (C=O) groups excluding carboxylic acids is 1. The van der Waals surface area contributed by atoms with Gasteiger partial charge < -0.3 is 9.64 Å². The smallest absolute Gasteiger partial charge is 0.260 e. The second-order valence-corrected chi connectivity index (χ2v) is 8.12. The molecule has 0 unspecified atom stereocenters. The minimum Gasteiger partial charge on any atom is -0.484 e. The zero-order chi connectivity index (χ0) is 17.6. The van der Waals surface area contributed by atoms with Crippen LogP contribution >= 0.6 is 0 Å². The molecule has 1 aromatic carbocycles. The van der Waals surface area contributed by atoms with E-state index in [1.807, 2.05) is 24.3 Å². The third kappa shape index (κ3) is 4.95. The Bertz CT molecular complexity index is 635. The molecular formula is C17H26N2O4S. The molecule has 2 rings (SSSR count). The fraction of sp³-hybridized carbons (Fsp3) is 0.588. The van der Waals surface area contributed by atoms with E-state index in [-0.39, 0.29) is 18.3 Å². The lowest BCUT2D eigenvalue weighted by Crippen LogP contribution is -2.51. The average Bonchev–Trinajstić information content (AvgIpc) is 2.61. The van der Waals surface area contributed by atoms with Crippen LogP contribution in [0.15, 0.2) is 24.3 Å². The quantitative estimate of drug-likeness (QED) is 0.744. The molecule has 1 heterocycles. The average molecular weight is 354 g/mol. The summed E-state index contributed by atoms with van der Waals surface area (Å²) in [5.74, 6) is 0.662. The first-order valence-corrected chi connectivity index (χ1v) is 10.0. The van der Waals surface area contributed by atoms with Crippen molar-refractivity contribution in [2.75, 3.05) is 38.5 Å². The minimum absolute atomic E-state index is 0.0202. The summed E-state index contributed by atoms with van der Waals surface area (Å²) in [6.45, 7) is 5.28. The number of piperazine rings is 1. The third-order valence-corrected chi connectivity index (χ3v) is 6.06. The van der Waals surface area contributed by atoms with Crippen molar-refractivity contribution in [2.24, 2.45) is 0 Å². The van der Waals surface area contributed by atoms with Crippen LogP contribution in [0.2, 0.25) is 0 Å². The van der Waals surface area contributed by atoms with Crippen molar-refractivity contribution in [2.45, 2.75) is 26.7 Å². The van der Waals surface area contributed by atoms with Crippen LogP contribution in [0.5, 0.6) is 5.75 Å². The molecule has 0 bridgehead atoms.